The van der Waals surface area contributed by atoms with Gasteiger partial charge in [-0.1, -0.05) is 17.7 Å². The van der Waals surface area contributed by atoms with Gasteiger partial charge in [0.1, 0.15) is 5.82 Å². The van der Waals surface area contributed by atoms with Crippen LogP contribution in [0.15, 0.2) is 18.2 Å². The van der Waals surface area contributed by atoms with E-state index >= 15 is 0 Å². The number of aromatic nitrogens is 2. The normalized spacial score (nSPS) is 12.7. The molecule has 1 aromatic heterocycles. The smallest absolute Gasteiger partial charge is 0.123 e. The maximum Gasteiger partial charge on any atom is 0.123 e. The molecule has 3 nitrogen and oxygen atoms in total. The van der Waals surface area contributed by atoms with Crippen LogP contribution < -0.4 is 5.73 Å². The van der Waals surface area contributed by atoms with E-state index in [0.29, 0.717) is 11.4 Å². The van der Waals surface area contributed by atoms with Crippen LogP contribution in [0.2, 0.25) is 5.02 Å². The lowest BCUT2D eigenvalue weighted by Gasteiger charge is -2.15. The molecule has 0 aliphatic carbocycles. The molecule has 19 heavy (non-hydrogen) atoms. The van der Waals surface area contributed by atoms with Crippen LogP contribution in [0.3, 0.4) is 0 Å². The molecule has 0 fully saturated rings. The van der Waals surface area contributed by atoms with Gasteiger partial charge < -0.3 is 5.73 Å². The molecule has 1 unspecified atom stereocenters. The molecule has 2 N–H and O–H groups in total. The summed E-state index contributed by atoms with van der Waals surface area (Å²) in [6.45, 7) is 3.77. The third-order valence-electron chi connectivity index (χ3n) is 3.32. The van der Waals surface area contributed by atoms with Crippen LogP contribution in [0.4, 0.5) is 4.39 Å². The van der Waals surface area contributed by atoms with Crippen molar-refractivity contribution in [1.82, 2.24) is 9.78 Å². The molecule has 0 saturated heterocycles. The van der Waals surface area contributed by atoms with E-state index in [4.69, 9.17) is 17.3 Å². The molecule has 1 atom stereocenters. The molecule has 102 valence electrons. The van der Waals surface area contributed by atoms with E-state index in [1.165, 1.54) is 12.1 Å². The predicted molar refractivity (Wildman–Crippen MR) is 74.7 cm³/mol. The molecule has 2 rings (SSSR count). The molecular formula is C14H17ClFN3. The molecule has 1 aromatic carbocycles. The maximum absolute atomic E-state index is 13.3. The van der Waals surface area contributed by atoms with Gasteiger partial charge in [0.05, 0.1) is 16.4 Å². The number of benzene rings is 1. The third kappa shape index (κ3) is 2.80. The average molecular weight is 282 g/mol. The van der Waals surface area contributed by atoms with Crippen LogP contribution in [0.5, 0.6) is 0 Å². The van der Waals surface area contributed by atoms with Crippen LogP contribution in [-0.4, -0.2) is 9.78 Å². The van der Waals surface area contributed by atoms with E-state index in [9.17, 15) is 4.39 Å². The minimum absolute atomic E-state index is 0.275. The summed E-state index contributed by atoms with van der Waals surface area (Å²) in [5, 5.41) is 4.88. The molecule has 0 saturated carbocycles. The summed E-state index contributed by atoms with van der Waals surface area (Å²) in [5.74, 6) is -0.275. The number of halogens is 2. The van der Waals surface area contributed by atoms with Crippen LogP contribution in [0.1, 0.15) is 28.6 Å². The average Bonchev–Trinajstić information content (AvgIpc) is 2.59. The first-order chi connectivity index (χ1) is 8.90. The summed E-state index contributed by atoms with van der Waals surface area (Å²) in [5.41, 5.74) is 9.60. The fraction of sp³-hybridized carbons (Fsp3) is 0.357. The molecule has 0 bridgehead atoms. The van der Waals surface area contributed by atoms with Crippen LogP contribution >= 0.6 is 11.6 Å². The standard InChI is InChI=1S/C14H17ClFN3/c1-8-4-5-10(16)6-11(8)12(17)7-13-14(15)9(2)18-19(13)3/h4-6,12H,7,17H2,1-3H3. The van der Waals surface area contributed by atoms with E-state index in [0.717, 1.165) is 22.5 Å². The van der Waals surface area contributed by atoms with Crippen LogP contribution in [0.25, 0.3) is 0 Å². The zero-order valence-corrected chi connectivity index (χ0v) is 12.0. The lowest BCUT2D eigenvalue weighted by atomic mass is 9.98. The first-order valence-electron chi connectivity index (χ1n) is 6.09. The molecule has 5 heteroatoms. The van der Waals surface area contributed by atoms with Crippen molar-refractivity contribution < 1.29 is 4.39 Å². The zero-order chi connectivity index (χ0) is 14.2. The molecule has 1 heterocycles. The second-order valence-electron chi connectivity index (χ2n) is 4.78. The topological polar surface area (TPSA) is 43.8 Å². The number of hydrogen-bond donors (Lipinski definition) is 1. The maximum atomic E-state index is 13.3. The highest BCUT2D eigenvalue weighted by Crippen LogP contribution is 2.26. The fourth-order valence-electron chi connectivity index (χ4n) is 2.23. The monoisotopic (exact) mass is 281 g/mol. The number of hydrogen-bond acceptors (Lipinski definition) is 2. The number of rotatable bonds is 3. The second kappa shape index (κ2) is 5.31. The van der Waals surface area contributed by atoms with Gasteiger partial charge in [-0.2, -0.15) is 5.10 Å². The van der Waals surface area contributed by atoms with Crippen molar-refractivity contribution in [3.8, 4) is 0 Å². The molecular weight excluding hydrogens is 265 g/mol. The summed E-state index contributed by atoms with van der Waals surface area (Å²) < 4.78 is 15.0. The summed E-state index contributed by atoms with van der Waals surface area (Å²) >= 11 is 6.20. The first-order valence-corrected chi connectivity index (χ1v) is 6.47. The Morgan fingerprint density at radius 2 is 2.11 bits per heavy atom. The summed E-state index contributed by atoms with van der Waals surface area (Å²) in [6.07, 6.45) is 0.528. The summed E-state index contributed by atoms with van der Waals surface area (Å²) in [4.78, 5) is 0. The number of nitrogens with two attached hydrogens (primary N) is 1. The Balaban J connectivity index is 2.30. The quantitative estimate of drug-likeness (QED) is 0.940. The summed E-state index contributed by atoms with van der Waals surface area (Å²) in [6, 6.07) is 4.35. The lowest BCUT2D eigenvalue weighted by Crippen LogP contribution is -2.17. The second-order valence-corrected chi connectivity index (χ2v) is 5.16. The van der Waals surface area contributed by atoms with Crippen molar-refractivity contribution >= 4 is 11.6 Å². The fourth-order valence-corrected chi connectivity index (χ4v) is 2.47. The van der Waals surface area contributed by atoms with E-state index in [1.807, 2.05) is 20.9 Å². The van der Waals surface area contributed by atoms with E-state index in [1.54, 1.807) is 10.7 Å². The van der Waals surface area contributed by atoms with Gasteiger partial charge >= 0.3 is 0 Å². The minimum Gasteiger partial charge on any atom is -0.324 e. The molecule has 2 aromatic rings. The molecule has 0 radical (unpaired) electrons. The Bertz CT molecular complexity index is 607. The van der Waals surface area contributed by atoms with Crippen molar-refractivity contribution in [2.75, 3.05) is 0 Å². The molecule has 0 aliphatic rings. The van der Waals surface area contributed by atoms with Crippen molar-refractivity contribution in [3.63, 3.8) is 0 Å². The third-order valence-corrected chi connectivity index (χ3v) is 3.81. The van der Waals surface area contributed by atoms with Gasteiger partial charge in [-0.05, 0) is 37.1 Å². The highest BCUT2D eigenvalue weighted by Gasteiger charge is 2.17. The van der Waals surface area contributed by atoms with Gasteiger partial charge in [0.15, 0.2) is 0 Å². The predicted octanol–water partition coefficient (Wildman–Crippen LogP) is 3.07. The van der Waals surface area contributed by atoms with Crippen molar-refractivity contribution in [3.05, 3.63) is 51.6 Å². The Kier molecular flexibility index (Phi) is 3.92. The number of nitrogens with zero attached hydrogens (tertiary/aromatic N) is 2. The van der Waals surface area contributed by atoms with E-state index in [-0.39, 0.29) is 11.9 Å². The highest BCUT2D eigenvalue weighted by atomic mass is 35.5. The minimum atomic E-state index is -0.303. The van der Waals surface area contributed by atoms with Gasteiger partial charge in [-0.25, -0.2) is 4.39 Å². The van der Waals surface area contributed by atoms with Gasteiger partial charge in [-0.15, -0.1) is 0 Å². The Morgan fingerprint density at radius 3 is 2.68 bits per heavy atom. The first kappa shape index (κ1) is 14.0. The lowest BCUT2D eigenvalue weighted by molar-refractivity contribution is 0.608. The van der Waals surface area contributed by atoms with E-state index < -0.39 is 0 Å². The SMILES string of the molecule is Cc1ccc(F)cc1C(N)Cc1c(Cl)c(C)nn1C. The van der Waals surface area contributed by atoms with E-state index in [2.05, 4.69) is 5.10 Å². The zero-order valence-electron chi connectivity index (χ0n) is 11.2. The Hall–Kier alpha value is -1.39. The van der Waals surface area contributed by atoms with Crippen LogP contribution in [-0.2, 0) is 13.5 Å². The van der Waals surface area contributed by atoms with Gasteiger partial charge in [0, 0.05) is 19.5 Å². The van der Waals surface area contributed by atoms with Gasteiger partial charge in [0.2, 0.25) is 0 Å². The summed E-state index contributed by atoms with van der Waals surface area (Å²) in [7, 11) is 1.83. The Labute approximate surface area is 117 Å². The van der Waals surface area contributed by atoms with Crippen molar-refractivity contribution in [1.29, 1.82) is 0 Å². The van der Waals surface area contributed by atoms with Gasteiger partial charge in [-0.3, -0.25) is 4.68 Å². The highest BCUT2D eigenvalue weighted by molar-refractivity contribution is 6.31. The van der Waals surface area contributed by atoms with Crippen LogP contribution in [0, 0.1) is 19.7 Å². The van der Waals surface area contributed by atoms with Crippen molar-refractivity contribution in [2.24, 2.45) is 12.8 Å². The Morgan fingerprint density at radius 1 is 1.42 bits per heavy atom. The number of aryl methyl sites for hydroxylation is 3. The van der Waals surface area contributed by atoms with Gasteiger partial charge in [0.25, 0.3) is 0 Å². The van der Waals surface area contributed by atoms with Crippen molar-refractivity contribution in [2.45, 2.75) is 26.3 Å². The molecule has 0 aliphatic heterocycles. The molecule has 0 spiro atoms. The molecule has 0 amide bonds. The largest absolute Gasteiger partial charge is 0.324 e.